The summed E-state index contributed by atoms with van der Waals surface area (Å²) in [6.07, 6.45) is 2.60. The minimum Gasteiger partial charge on any atom is -0.360 e. The lowest BCUT2D eigenvalue weighted by Crippen LogP contribution is -2.35. The molecule has 8 heteroatoms. The molecule has 0 bridgehead atoms. The molecular weight excluding hydrogens is 453 g/mol. The van der Waals surface area contributed by atoms with E-state index in [1.165, 1.54) is 10.4 Å². The van der Waals surface area contributed by atoms with Crippen molar-refractivity contribution in [1.82, 2.24) is 14.0 Å². The van der Waals surface area contributed by atoms with Gasteiger partial charge in [-0.15, -0.1) is 0 Å². The molecule has 2 aromatic carbocycles. The summed E-state index contributed by atoms with van der Waals surface area (Å²) in [5.41, 5.74) is 5.68. The summed E-state index contributed by atoms with van der Waals surface area (Å²) in [7, 11) is -3.69. The van der Waals surface area contributed by atoms with E-state index in [0.717, 1.165) is 33.3 Å². The first-order valence-corrected chi connectivity index (χ1v) is 12.7. The van der Waals surface area contributed by atoms with Crippen molar-refractivity contribution < 1.29 is 17.3 Å². The molecule has 176 valence electrons. The average Bonchev–Trinajstić information content (AvgIpc) is 3.30. The van der Waals surface area contributed by atoms with Crippen molar-refractivity contribution in [3.05, 3.63) is 88.7 Å². The molecule has 0 N–H and O–H groups in total. The van der Waals surface area contributed by atoms with E-state index in [9.17, 15) is 12.8 Å². The van der Waals surface area contributed by atoms with Gasteiger partial charge in [0.1, 0.15) is 16.4 Å². The predicted octanol–water partition coefficient (Wildman–Crippen LogP) is 5.22. The van der Waals surface area contributed by atoms with E-state index in [1.807, 2.05) is 24.3 Å². The molecular formula is C26H26FN3O3S. The third kappa shape index (κ3) is 3.76. The summed E-state index contributed by atoms with van der Waals surface area (Å²) in [6.45, 7) is 6.55. The molecule has 0 amide bonds. The van der Waals surface area contributed by atoms with Crippen LogP contribution in [-0.2, 0) is 16.6 Å². The van der Waals surface area contributed by atoms with Gasteiger partial charge in [0.15, 0.2) is 5.76 Å². The van der Waals surface area contributed by atoms with Gasteiger partial charge in [-0.25, -0.2) is 12.8 Å². The van der Waals surface area contributed by atoms with Gasteiger partial charge >= 0.3 is 0 Å². The van der Waals surface area contributed by atoms with Crippen LogP contribution in [0.25, 0.3) is 16.5 Å². The van der Waals surface area contributed by atoms with E-state index in [1.54, 1.807) is 26.0 Å². The number of para-hydroxylation sites is 1. The molecule has 0 saturated heterocycles. The van der Waals surface area contributed by atoms with Crippen LogP contribution in [0.3, 0.4) is 0 Å². The zero-order valence-electron chi connectivity index (χ0n) is 19.4. The second-order valence-corrected chi connectivity index (χ2v) is 10.6. The maximum absolute atomic E-state index is 13.8. The van der Waals surface area contributed by atoms with Crippen LogP contribution >= 0.6 is 0 Å². The number of fused-ring (bicyclic) bond motifs is 1. The average molecular weight is 480 g/mol. The lowest BCUT2D eigenvalue weighted by atomic mass is 9.97. The van der Waals surface area contributed by atoms with Crippen molar-refractivity contribution in [3.63, 3.8) is 0 Å². The van der Waals surface area contributed by atoms with Gasteiger partial charge in [-0.05, 0) is 56.5 Å². The number of hydrogen-bond donors (Lipinski definition) is 0. The maximum Gasteiger partial charge on any atom is 0.248 e. The molecule has 6 nitrogen and oxygen atoms in total. The van der Waals surface area contributed by atoms with Crippen molar-refractivity contribution >= 4 is 26.5 Å². The van der Waals surface area contributed by atoms with Crippen molar-refractivity contribution in [1.29, 1.82) is 0 Å². The summed E-state index contributed by atoms with van der Waals surface area (Å²) in [5.74, 6) is 0.0602. The van der Waals surface area contributed by atoms with Gasteiger partial charge in [0.25, 0.3) is 0 Å². The number of halogens is 1. The van der Waals surface area contributed by atoms with Crippen molar-refractivity contribution in [2.45, 2.75) is 38.6 Å². The van der Waals surface area contributed by atoms with Gasteiger partial charge in [0, 0.05) is 41.8 Å². The Bertz CT molecular complexity index is 1510. The molecule has 4 aromatic rings. The van der Waals surface area contributed by atoms with E-state index in [2.05, 4.69) is 28.8 Å². The van der Waals surface area contributed by atoms with E-state index in [4.69, 9.17) is 4.52 Å². The van der Waals surface area contributed by atoms with Crippen LogP contribution in [-0.4, -0.2) is 35.5 Å². The van der Waals surface area contributed by atoms with Gasteiger partial charge in [-0.1, -0.05) is 41.6 Å². The first kappa shape index (κ1) is 22.6. The molecule has 0 unspecified atom stereocenters. The summed E-state index contributed by atoms with van der Waals surface area (Å²) < 4.78 is 49.0. The summed E-state index contributed by atoms with van der Waals surface area (Å²) in [6, 6.07) is 14.8. The SMILES string of the molecule is Cc1noc(C)c1S(=O)(=O)N1CC=C(c2c(C)n(Cc3cccc(F)c3)c3ccccc23)CC1. The Hall–Kier alpha value is -3.23. The summed E-state index contributed by atoms with van der Waals surface area (Å²) in [5, 5.41) is 4.92. The second-order valence-electron chi connectivity index (χ2n) is 8.69. The van der Waals surface area contributed by atoms with Crippen LogP contribution in [0.5, 0.6) is 0 Å². The Morgan fingerprint density at radius 2 is 1.88 bits per heavy atom. The molecule has 3 heterocycles. The predicted molar refractivity (Wildman–Crippen MR) is 130 cm³/mol. The third-order valence-corrected chi connectivity index (χ3v) is 8.63. The Morgan fingerprint density at radius 3 is 2.56 bits per heavy atom. The number of rotatable bonds is 5. The molecule has 0 spiro atoms. The summed E-state index contributed by atoms with van der Waals surface area (Å²) >= 11 is 0. The number of nitrogens with zero attached hydrogens (tertiary/aromatic N) is 3. The molecule has 0 fully saturated rings. The standard InChI is InChI=1S/C26H26FN3O3S/c1-17-26(19(3)33-28-17)34(31,32)29-13-11-21(12-14-29)25-18(2)30(24-10-5-4-9-23(24)25)16-20-7-6-8-22(27)15-20/h4-11,15H,12-14,16H2,1-3H3. The van der Waals surface area contributed by atoms with Crippen LogP contribution in [0.15, 0.2) is 64.0 Å². The van der Waals surface area contributed by atoms with Gasteiger partial charge in [0.05, 0.1) is 0 Å². The van der Waals surface area contributed by atoms with Crippen LogP contribution < -0.4 is 0 Å². The molecule has 0 atom stereocenters. The van der Waals surface area contributed by atoms with E-state index < -0.39 is 10.0 Å². The van der Waals surface area contributed by atoms with Crippen molar-refractivity contribution in [2.24, 2.45) is 0 Å². The van der Waals surface area contributed by atoms with Gasteiger partial charge in [-0.3, -0.25) is 0 Å². The Kier molecular flexibility index (Phi) is 5.65. The molecule has 0 saturated carbocycles. The Morgan fingerprint density at radius 1 is 1.09 bits per heavy atom. The molecule has 1 aliphatic rings. The lowest BCUT2D eigenvalue weighted by Gasteiger charge is -2.26. The number of hydrogen-bond acceptors (Lipinski definition) is 4. The third-order valence-electron chi connectivity index (χ3n) is 6.52. The van der Waals surface area contributed by atoms with Gasteiger partial charge < -0.3 is 9.09 Å². The number of sulfonamides is 1. The smallest absolute Gasteiger partial charge is 0.248 e. The minimum absolute atomic E-state index is 0.159. The normalized spacial score (nSPS) is 15.1. The summed E-state index contributed by atoms with van der Waals surface area (Å²) in [4.78, 5) is 0.159. The van der Waals surface area contributed by atoms with E-state index in [0.29, 0.717) is 31.0 Å². The molecule has 0 aliphatic carbocycles. The highest BCUT2D eigenvalue weighted by Crippen LogP contribution is 2.36. The largest absolute Gasteiger partial charge is 0.360 e. The molecule has 34 heavy (non-hydrogen) atoms. The molecule has 1 aliphatic heterocycles. The first-order valence-electron chi connectivity index (χ1n) is 11.2. The quantitative estimate of drug-likeness (QED) is 0.394. The van der Waals surface area contributed by atoms with Crippen molar-refractivity contribution in [3.8, 4) is 0 Å². The van der Waals surface area contributed by atoms with Crippen LogP contribution in [0.1, 0.15) is 34.7 Å². The lowest BCUT2D eigenvalue weighted by molar-refractivity contribution is 0.389. The van der Waals surface area contributed by atoms with E-state index in [-0.39, 0.29) is 17.3 Å². The maximum atomic E-state index is 13.8. The molecule has 5 rings (SSSR count). The number of benzene rings is 2. The monoisotopic (exact) mass is 479 g/mol. The molecule has 2 aromatic heterocycles. The zero-order valence-corrected chi connectivity index (χ0v) is 20.2. The highest BCUT2D eigenvalue weighted by atomic mass is 32.2. The first-order chi connectivity index (χ1) is 16.3. The topological polar surface area (TPSA) is 68.3 Å². The van der Waals surface area contributed by atoms with Gasteiger partial charge in [0.2, 0.25) is 10.0 Å². The van der Waals surface area contributed by atoms with Crippen LogP contribution in [0.4, 0.5) is 4.39 Å². The fraction of sp³-hybridized carbons (Fsp3) is 0.269. The minimum atomic E-state index is -3.69. The van der Waals surface area contributed by atoms with E-state index >= 15 is 0 Å². The fourth-order valence-electron chi connectivity index (χ4n) is 4.93. The number of aryl methyl sites for hydroxylation is 2. The highest BCUT2D eigenvalue weighted by Gasteiger charge is 2.32. The Balaban J connectivity index is 1.51. The zero-order chi connectivity index (χ0) is 24.0. The fourth-order valence-corrected chi connectivity index (χ4v) is 6.60. The Labute approximate surface area is 198 Å². The van der Waals surface area contributed by atoms with Crippen molar-refractivity contribution in [2.75, 3.05) is 13.1 Å². The highest BCUT2D eigenvalue weighted by molar-refractivity contribution is 7.89. The van der Waals surface area contributed by atoms with Gasteiger partial charge in [-0.2, -0.15) is 4.31 Å². The second kappa shape index (κ2) is 8.52. The molecule has 0 radical (unpaired) electrons. The van der Waals surface area contributed by atoms with Crippen LogP contribution in [0, 0.1) is 26.6 Å². The van der Waals surface area contributed by atoms with Crippen LogP contribution in [0.2, 0.25) is 0 Å². The number of aromatic nitrogens is 2.